The lowest BCUT2D eigenvalue weighted by molar-refractivity contribution is 0.412. The molecule has 0 aliphatic heterocycles. The molecule has 1 heterocycles. The summed E-state index contributed by atoms with van der Waals surface area (Å²) in [6, 6.07) is 11.6. The SMILES string of the molecule is CCS(=O)(=O)NC1CCC(N(C)c2cc(-n3cnnn3)ccc2OC)C1c1ccc(F)cc1. The lowest BCUT2D eigenvalue weighted by Gasteiger charge is -2.35. The Hall–Kier alpha value is -3.05. The molecule has 1 aromatic heterocycles. The number of benzene rings is 2. The zero-order chi connectivity index (χ0) is 23.6. The van der Waals surface area contributed by atoms with Crippen LogP contribution in [-0.4, -0.2) is 60.6 Å². The molecule has 33 heavy (non-hydrogen) atoms. The number of tetrazole rings is 1. The molecule has 0 radical (unpaired) electrons. The Morgan fingerprint density at radius 1 is 1.21 bits per heavy atom. The van der Waals surface area contributed by atoms with Gasteiger partial charge in [0.2, 0.25) is 10.0 Å². The fourth-order valence-electron chi connectivity index (χ4n) is 4.55. The van der Waals surface area contributed by atoms with Gasteiger partial charge < -0.3 is 9.64 Å². The van der Waals surface area contributed by atoms with E-state index in [9.17, 15) is 12.8 Å². The zero-order valence-electron chi connectivity index (χ0n) is 18.7. The predicted molar refractivity (Wildman–Crippen MR) is 123 cm³/mol. The van der Waals surface area contributed by atoms with Crippen LogP contribution in [0, 0.1) is 5.82 Å². The molecule has 1 aliphatic carbocycles. The smallest absolute Gasteiger partial charge is 0.211 e. The van der Waals surface area contributed by atoms with Crippen molar-refractivity contribution >= 4 is 15.7 Å². The molecule has 0 amide bonds. The highest BCUT2D eigenvalue weighted by molar-refractivity contribution is 7.89. The first-order valence-corrected chi connectivity index (χ1v) is 12.4. The monoisotopic (exact) mass is 474 g/mol. The van der Waals surface area contributed by atoms with Gasteiger partial charge in [-0.25, -0.2) is 22.2 Å². The summed E-state index contributed by atoms with van der Waals surface area (Å²) >= 11 is 0. The molecule has 9 nitrogen and oxygen atoms in total. The van der Waals surface area contributed by atoms with E-state index in [1.165, 1.54) is 18.5 Å². The first-order chi connectivity index (χ1) is 15.8. The van der Waals surface area contributed by atoms with Crippen LogP contribution in [-0.2, 0) is 10.0 Å². The largest absolute Gasteiger partial charge is 0.495 e. The van der Waals surface area contributed by atoms with E-state index in [1.807, 2.05) is 25.2 Å². The molecule has 0 bridgehead atoms. The Labute approximate surface area is 192 Å². The minimum Gasteiger partial charge on any atom is -0.495 e. The summed E-state index contributed by atoms with van der Waals surface area (Å²) in [5, 5.41) is 11.3. The average Bonchev–Trinajstić information content (AvgIpc) is 3.49. The number of sulfonamides is 1. The standard InChI is InChI=1S/C22H27FN6O3S/c1-4-33(30,31)25-18-10-11-19(22(18)15-5-7-16(23)8-6-15)28(2)20-13-17(9-12-21(20)32-3)29-14-24-26-27-29/h5-9,12-14,18-19,22,25H,4,10-11H2,1-3H3. The number of hydrogen-bond donors (Lipinski definition) is 1. The topological polar surface area (TPSA) is 102 Å². The van der Waals surface area contributed by atoms with Gasteiger partial charge in [-0.15, -0.1) is 5.10 Å². The van der Waals surface area contributed by atoms with Gasteiger partial charge in [0.1, 0.15) is 17.9 Å². The number of halogens is 1. The molecule has 11 heteroatoms. The molecule has 1 aliphatic rings. The molecular formula is C22H27FN6O3S. The summed E-state index contributed by atoms with van der Waals surface area (Å²) in [6.45, 7) is 1.61. The van der Waals surface area contributed by atoms with Crippen molar-refractivity contribution in [1.82, 2.24) is 24.9 Å². The van der Waals surface area contributed by atoms with Gasteiger partial charge in [0.15, 0.2) is 0 Å². The molecule has 1 N–H and O–H groups in total. The fourth-order valence-corrected chi connectivity index (χ4v) is 5.44. The summed E-state index contributed by atoms with van der Waals surface area (Å²) in [5.41, 5.74) is 2.47. The van der Waals surface area contributed by atoms with Crippen molar-refractivity contribution in [2.24, 2.45) is 0 Å². The average molecular weight is 475 g/mol. The second-order valence-corrected chi connectivity index (χ2v) is 10.1. The van der Waals surface area contributed by atoms with Crippen LogP contribution < -0.4 is 14.4 Å². The molecular weight excluding hydrogens is 447 g/mol. The number of nitrogens with zero attached hydrogens (tertiary/aromatic N) is 5. The maximum atomic E-state index is 13.6. The first-order valence-electron chi connectivity index (χ1n) is 10.7. The fraction of sp³-hybridized carbons (Fsp3) is 0.409. The number of likely N-dealkylation sites (N-methyl/N-ethyl adjacent to an activating group) is 1. The van der Waals surface area contributed by atoms with Gasteiger partial charge >= 0.3 is 0 Å². The van der Waals surface area contributed by atoms with Crippen LogP contribution in [0.4, 0.5) is 10.1 Å². The number of ether oxygens (including phenoxy) is 1. The van der Waals surface area contributed by atoms with Gasteiger partial charge in [-0.05, 0) is 66.1 Å². The Morgan fingerprint density at radius 2 is 1.97 bits per heavy atom. The van der Waals surface area contributed by atoms with E-state index in [0.29, 0.717) is 12.2 Å². The number of rotatable bonds is 8. The predicted octanol–water partition coefficient (Wildman–Crippen LogP) is 2.50. The van der Waals surface area contributed by atoms with Gasteiger partial charge in [0.25, 0.3) is 0 Å². The minimum atomic E-state index is -3.41. The number of aromatic nitrogens is 4. The number of methoxy groups -OCH3 is 1. The molecule has 0 saturated heterocycles. The summed E-state index contributed by atoms with van der Waals surface area (Å²) in [5.74, 6) is 0.160. The highest BCUT2D eigenvalue weighted by atomic mass is 32.2. The second kappa shape index (κ2) is 9.44. The third-order valence-corrected chi connectivity index (χ3v) is 7.66. The van der Waals surface area contributed by atoms with Crippen LogP contribution in [0.15, 0.2) is 48.8 Å². The molecule has 1 saturated carbocycles. The first kappa shape index (κ1) is 23.1. The van der Waals surface area contributed by atoms with Crippen LogP contribution >= 0.6 is 0 Å². The van der Waals surface area contributed by atoms with Gasteiger partial charge in [0.05, 0.1) is 24.2 Å². The van der Waals surface area contributed by atoms with Crippen molar-refractivity contribution in [2.45, 2.75) is 37.8 Å². The van der Waals surface area contributed by atoms with Crippen molar-refractivity contribution < 1.29 is 17.5 Å². The Morgan fingerprint density at radius 3 is 2.61 bits per heavy atom. The number of hydrogen-bond acceptors (Lipinski definition) is 7. The zero-order valence-corrected chi connectivity index (χ0v) is 19.5. The van der Waals surface area contributed by atoms with E-state index < -0.39 is 10.0 Å². The third-order valence-electron chi connectivity index (χ3n) is 6.24. The number of anilines is 1. The molecule has 3 unspecified atom stereocenters. The van der Waals surface area contributed by atoms with E-state index in [1.54, 1.807) is 30.8 Å². The van der Waals surface area contributed by atoms with E-state index in [0.717, 1.165) is 23.4 Å². The number of nitrogens with one attached hydrogen (secondary N) is 1. The summed E-state index contributed by atoms with van der Waals surface area (Å²) in [7, 11) is 0.155. The third kappa shape index (κ3) is 4.83. The highest BCUT2D eigenvalue weighted by Gasteiger charge is 2.41. The van der Waals surface area contributed by atoms with Gasteiger partial charge in [-0.3, -0.25) is 0 Å². The molecule has 3 atom stereocenters. The van der Waals surface area contributed by atoms with E-state index in [-0.39, 0.29) is 29.6 Å². The Bertz CT molecular complexity index is 1190. The van der Waals surface area contributed by atoms with E-state index >= 15 is 0 Å². The van der Waals surface area contributed by atoms with Crippen molar-refractivity contribution in [3.63, 3.8) is 0 Å². The molecule has 176 valence electrons. The van der Waals surface area contributed by atoms with E-state index in [4.69, 9.17) is 4.74 Å². The quantitative estimate of drug-likeness (QED) is 0.535. The van der Waals surface area contributed by atoms with Crippen LogP contribution in [0.2, 0.25) is 0 Å². The van der Waals surface area contributed by atoms with E-state index in [2.05, 4.69) is 25.1 Å². The maximum absolute atomic E-state index is 13.6. The maximum Gasteiger partial charge on any atom is 0.211 e. The van der Waals surface area contributed by atoms with Crippen LogP contribution in [0.1, 0.15) is 31.2 Å². The lowest BCUT2D eigenvalue weighted by atomic mass is 9.90. The van der Waals surface area contributed by atoms with Crippen LogP contribution in [0.25, 0.3) is 5.69 Å². The van der Waals surface area contributed by atoms with Crippen LogP contribution in [0.5, 0.6) is 5.75 Å². The highest BCUT2D eigenvalue weighted by Crippen LogP contribution is 2.42. The molecule has 4 rings (SSSR count). The van der Waals surface area contributed by atoms with Crippen molar-refractivity contribution in [1.29, 1.82) is 0 Å². The normalized spacial score (nSPS) is 20.7. The Kier molecular flexibility index (Phi) is 6.61. The lowest BCUT2D eigenvalue weighted by Crippen LogP contribution is -2.43. The molecule has 0 spiro atoms. The summed E-state index contributed by atoms with van der Waals surface area (Å²) in [4.78, 5) is 2.10. The van der Waals surface area contributed by atoms with Crippen molar-refractivity contribution in [2.75, 3.05) is 24.8 Å². The van der Waals surface area contributed by atoms with Gasteiger partial charge in [-0.2, -0.15) is 0 Å². The molecule has 1 fully saturated rings. The summed E-state index contributed by atoms with van der Waals surface area (Å²) in [6.07, 6.45) is 2.91. The summed E-state index contributed by atoms with van der Waals surface area (Å²) < 4.78 is 48.4. The minimum absolute atomic E-state index is 0.00194. The molecule has 3 aromatic rings. The van der Waals surface area contributed by atoms with Gasteiger partial charge in [0, 0.05) is 25.0 Å². The molecule has 2 aromatic carbocycles. The Balaban J connectivity index is 1.73. The second-order valence-electron chi connectivity index (χ2n) is 8.07. The van der Waals surface area contributed by atoms with Gasteiger partial charge in [-0.1, -0.05) is 12.1 Å². The van der Waals surface area contributed by atoms with Crippen LogP contribution in [0.3, 0.4) is 0 Å². The van der Waals surface area contributed by atoms with Crippen molar-refractivity contribution in [3.8, 4) is 11.4 Å². The van der Waals surface area contributed by atoms with Crippen molar-refractivity contribution in [3.05, 3.63) is 60.2 Å².